The van der Waals surface area contributed by atoms with E-state index in [0.717, 1.165) is 17.1 Å². The van der Waals surface area contributed by atoms with Gasteiger partial charge in [-0.25, -0.2) is 0 Å². The molecule has 0 atom stereocenters. The van der Waals surface area contributed by atoms with E-state index in [1.807, 2.05) is 42.5 Å². The Morgan fingerprint density at radius 1 is 1.09 bits per heavy atom. The van der Waals surface area contributed by atoms with Crippen molar-refractivity contribution in [3.05, 3.63) is 60.6 Å². The molecule has 0 aliphatic carbocycles. The van der Waals surface area contributed by atoms with Gasteiger partial charge in [0.25, 0.3) is 0 Å². The molecule has 1 aromatic carbocycles. The average Bonchev–Trinajstić information content (AvgIpc) is 2.62. The Morgan fingerprint density at radius 3 is 2.78 bits per heavy atom. The Bertz CT molecular complexity index is 765. The lowest BCUT2D eigenvalue weighted by molar-refractivity contribution is 0.417. The summed E-state index contributed by atoms with van der Waals surface area (Å²) in [5.74, 6) is 1.73. The monoisotopic (exact) mass is 308 g/mol. The van der Waals surface area contributed by atoms with Crippen molar-refractivity contribution in [3.63, 3.8) is 0 Å². The van der Waals surface area contributed by atoms with Crippen molar-refractivity contribution in [1.82, 2.24) is 20.2 Å². The molecule has 2 heterocycles. The summed E-state index contributed by atoms with van der Waals surface area (Å²) in [6.07, 6.45) is 3.30. The molecule has 2 aromatic heterocycles. The zero-order chi connectivity index (χ0) is 15.9. The highest BCUT2D eigenvalue weighted by atomic mass is 16.5. The van der Waals surface area contributed by atoms with E-state index in [1.54, 1.807) is 19.5 Å². The van der Waals surface area contributed by atoms with Gasteiger partial charge in [-0.15, -0.1) is 5.10 Å². The molecule has 0 saturated carbocycles. The van der Waals surface area contributed by atoms with Crippen LogP contribution in [0.2, 0.25) is 0 Å². The Morgan fingerprint density at radius 2 is 1.96 bits per heavy atom. The highest BCUT2D eigenvalue weighted by molar-refractivity contribution is 5.63. The van der Waals surface area contributed by atoms with Gasteiger partial charge in [-0.05, 0) is 24.3 Å². The van der Waals surface area contributed by atoms with Crippen LogP contribution in [-0.2, 0) is 6.54 Å². The number of pyridine rings is 1. The molecule has 0 aliphatic heterocycles. The number of benzene rings is 1. The predicted molar refractivity (Wildman–Crippen MR) is 87.7 cm³/mol. The molecule has 3 aromatic rings. The van der Waals surface area contributed by atoms with Crippen LogP contribution in [0.4, 0.5) is 17.5 Å². The summed E-state index contributed by atoms with van der Waals surface area (Å²) in [4.78, 5) is 8.62. The molecule has 0 amide bonds. The van der Waals surface area contributed by atoms with Crippen molar-refractivity contribution in [2.75, 3.05) is 17.7 Å². The maximum absolute atomic E-state index is 5.30. The van der Waals surface area contributed by atoms with Crippen LogP contribution in [0.5, 0.6) is 5.75 Å². The zero-order valence-electron chi connectivity index (χ0n) is 12.6. The summed E-state index contributed by atoms with van der Waals surface area (Å²) in [5, 5.41) is 14.2. The SMILES string of the molecule is COc1ccccc1Nc1cnnc(NCc2ccccn2)n1. The lowest BCUT2D eigenvalue weighted by Gasteiger charge is -2.10. The van der Waals surface area contributed by atoms with Gasteiger partial charge in [0, 0.05) is 6.20 Å². The van der Waals surface area contributed by atoms with E-state index in [2.05, 4.69) is 30.8 Å². The summed E-state index contributed by atoms with van der Waals surface area (Å²) in [7, 11) is 1.62. The summed E-state index contributed by atoms with van der Waals surface area (Å²) >= 11 is 0. The fourth-order valence-electron chi connectivity index (χ4n) is 2.00. The third kappa shape index (κ3) is 3.91. The number of para-hydroxylation sites is 2. The number of methoxy groups -OCH3 is 1. The molecule has 7 heteroatoms. The largest absolute Gasteiger partial charge is 0.495 e. The van der Waals surface area contributed by atoms with E-state index in [4.69, 9.17) is 4.74 Å². The molecule has 2 N–H and O–H groups in total. The third-order valence-corrected chi connectivity index (χ3v) is 3.08. The molecular formula is C16H16N6O. The Labute approximate surface area is 133 Å². The molecule has 7 nitrogen and oxygen atoms in total. The Kier molecular flexibility index (Phi) is 4.58. The highest BCUT2D eigenvalue weighted by Crippen LogP contribution is 2.25. The van der Waals surface area contributed by atoms with E-state index < -0.39 is 0 Å². The van der Waals surface area contributed by atoms with Crippen molar-refractivity contribution < 1.29 is 4.74 Å². The number of anilines is 3. The molecule has 0 unspecified atom stereocenters. The number of rotatable bonds is 6. The lowest BCUT2D eigenvalue weighted by atomic mass is 10.3. The number of nitrogens with zero attached hydrogens (tertiary/aromatic N) is 4. The van der Waals surface area contributed by atoms with E-state index in [9.17, 15) is 0 Å². The molecular weight excluding hydrogens is 292 g/mol. The van der Waals surface area contributed by atoms with Crippen molar-refractivity contribution in [2.24, 2.45) is 0 Å². The minimum absolute atomic E-state index is 0.426. The lowest BCUT2D eigenvalue weighted by Crippen LogP contribution is -2.07. The van der Waals surface area contributed by atoms with Crippen LogP contribution < -0.4 is 15.4 Å². The molecule has 0 fully saturated rings. The molecule has 23 heavy (non-hydrogen) atoms. The number of nitrogens with one attached hydrogen (secondary N) is 2. The molecule has 116 valence electrons. The van der Waals surface area contributed by atoms with Crippen LogP contribution in [0.25, 0.3) is 0 Å². The number of hydrogen-bond donors (Lipinski definition) is 2. The number of ether oxygens (including phenoxy) is 1. The Hall–Kier alpha value is -3.22. The molecule has 0 bridgehead atoms. The second kappa shape index (κ2) is 7.17. The quantitative estimate of drug-likeness (QED) is 0.724. The topological polar surface area (TPSA) is 84.9 Å². The maximum atomic E-state index is 5.30. The van der Waals surface area contributed by atoms with E-state index >= 15 is 0 Å². The molecule has 3 rings (SSSR count). The van der Waals surface area contributed by atoms with Gasteiger partial charge >= 0.3 is 0 Å². The summed E-state index contributed by atoms with van der Waals surface area (Å²) in [5.41, 5.74) is 1.71. The van der Waals surface area contributed by atoms with Crippen LogP contribution in [0.15, 0.2) is 54.9 Å². The van der Waals surface area contributed by atoms with Gasteiger partial charge in [0.2, 0.25) is 5.95 Å². The summed E-state index contributed by atoms with van der Waals surface area (Å²) in [6, 6.07) is 13.3. The van der Waals surface area contributed by atoms with Crippen molar-refractivity contribution in [1.29, 1.82) is 0 Å². The minimum Gasteiger partial charge on any atom is -0.495 e. The normalized spacial score (nSPS) is 10.1. The smallest absolute Gasteiger partial charge is 0.245 e. The van der Waals surface area contributed by atoms with Gasteiger partial charge < -0.3 is 15.4 Å². The van der Waals surface area contributed by atoms with Gasteiger partial charge in [-0.3, -0.25) is 4.98 Å². The average molecular weight is 308 g/mol. The fraction of sp³-hybridized carbons (Fsp3) is 0.125. The summed E-state index contributed by atoms with van der Waals surface area (Å²) in [6.45, 7) is 0.528. The van der Waals surface area contributed by atoms with E-state index in [0.29, 0.717) is 18.3 Å². The van der Waals surface area contributed by atoms with Gasteiger partial charge in [0.1, 0.15) is 5.75 Å². The van der Waals surface area contributed by atoms with Crippen LogP contribution in [-0.4, -0.2) is 27.3 Å². The second-order valence-corrected chi connectivity index (χ2v) is 4.67. The van der Waals surface area contributed by atoms with Crippen LogP contribution >= 0.6 is 0 Å². The highest BCUT2D eigenvalue weighted by Gasteiger charge is 2.05. The van der Waals surface area contributed by atoms with Gasteiger partial charge in [-0.2, -0.15) is 10.1 Å². The van der Waals surface area contributed by atoms with E-state index in [1.165, 1.54) is 0 Å². The first-order valence-electron chi connectivity index (χ1n) is 7.09. The molecule has 0 spiro atoms. The van der Waals surface area contributed by atoms with E-state index in [-0.39, 0.29) is 0 Å². The van der Waals surface area contributed by atoms with Gasteiger partial charge in [-0.1, -0.05) is 18.2 Å². The first kappa shape index (κ1) is 14.7. The third-order valence-electron chi connectivity index (χ3n) is 3.08. The fourth-order valence-corrected chi connectivity index (χ4v) is 2.00. The van der Waals surface area contributed by atoms with Crippen molar-refractivity contribution in [3.8, 4) is 5.75 Å². The van der Waals surface area contributed by atoms with Crippen LogP contribution in [0.3, 0.4) is 0 Å². The van der Waals surface area contributed by atoms with Crippen LogP contribution in [0, 0.1) is 0 Å². The first-order chi connectivity index (χ1) is 11.3. The second-order valence-electron chi connectivity index (χ2n) is 4.67. The number of hydrogen-bond acceptors (Lipinski definition) is 7. The summed E-state index contributed by atoms with van der Waals surface area (Å²) < 4.78 is 5.30. The van der Waals surface area contributed by atoms with Gasteiger partial charge in [0.15, 0.2) is 5.82 Å². The standard InChI is InChI=1S/C16H16N6O/c1-23-14-8-3-2-7-13(14)20-15-11-19-22-16(21-15)18-10-12-6-4-5-9-17-12/h2-9,11H,10H2,1H3,(H2,18,20,21,22). The van der Waals surface area contributed by atoms with Crippen molar-refractivity contribution in [2.45, 2.75) is 6.54 Å². The van der Waals surface area contributed by atoms with Crippen LogP contribution in [0.1, 0.15) is 5.69 Å². The Balaban J connectivity index is 1.70. The first-order valence-corrected chi connectivity index (χ1v) is 7.09. The zero-order valence-corrected chi connectivity index (χ0v) is 12.6. The minimum atomic E-state index is 0.426. The molecule has 0 aliphatic rings. The number of aromatic nitrogens is 4. The van der Waals surface area contributed by atoms with Crippen molar-refractivity contribution >= 4 is 17.5 Å². The van der Waals surface area contributed by atoms with Gasteiger partial charge in [0.05, 0.1) is 31.2 Å². The molecule has 0 radical (unpaired) electrons. The maximum Gasteiger partial charge on any atom is 0.245 e. The predicted octanol–water partition coefficient (Wildman–Crippen LogP) is 2.63. The molecule has 0 saturated heterocycles.